The Morgan fingerprint density at radius 2 is 1.89 bits per heavy atom. The molecule has 2 heterocycles. The van der Waals surface area contributed by atoms with Crippen molar-refractivity contribution in [3.63, 3.8) is 0 Å². The maximum absolute atomic E-state index is 9.34. The molecule has 0 aromatic heterocycles. The molecular weight excluding hydrogens is 228 g/mol. The van der Waals surface area contributed by atoms with Crippen molar-refractivity contribution in [3.05, 3.63) is 22.3 Å². The Hall–Kier alpha value is -1.73. The average molecular weight is 244 g/mol. The van der Waals surface area contributed by atoms with Crippen LogP contribution in [0.15, 0.2) is 0 Å². The van der Waals surface area contributed by atoms with Gasteiger partial charge in [-0.3, -0.25) is 0 Å². The third kappa shape index (κ3) is 1.41. The number of nitrogens with two attached hydrogens (primary N) is 1. The molecule has 3 rings (SSSR count). The average Bonchev–Trinajstić information content (AvgIpc) is 3.02. The predicted molar refractivity (Wildman–Crippen MR) is 67.0 cm³/mol. The summed E-state index contributed by atoms with van der Waals surface area (Å²) in [5.41, 5.74) is 9.77. The zero-order valence-electron chi connectivity index (χ0n) is 10.5. The van der Waals surface area contributed by atoms with Crippen LogP contribution in [-0.2, 0) is 12.8 Å². The molecule has 0 spiro atoms. The van der Waals surface area contributed by atoms with Gasteiger partial charge in [0.15, 0.2) is 0 Å². The molecule has 0 saturated heterocycles. The summed E-state index contributed by atoms with van der Waals surface area (Å²) in [4.78, 5) is 0. The number of benzene rings is 1. The normalized spacial score (nSPS) is 17.4. The number of hydrogen-bond acceptors (Lipinski definition) is 4. The lowest BCUT2D eigenvalue weighted by Crippen LogP contribution is -2.12. The van der Waals surface area contributed by atoms with E-state index in [9.17, 15) is 5.26 Å². The molecule has 2 aliphatic heterocycles. The summed E-state index contributed by atoms with van der Waals surface area (Å²) in [5, 5.41) is 9.34. The standard InChI is InChI=1S/C14H16N2O2/c1-8(6-15)12-10-3-5-17-13(10)11(7-16)9-2-4-18-14(9)12/h8H,2-6,15H2,1H3. The Bertz CT molecular complexity index is 511. The first-order valence-corrected chi connectivity index (χ1v) is 6.35. The van der Waals surface area contributed by atoms with E-state index in [0.29, 0.717) is 25.3 Å². The van der Waals surface area contributed by atoms with Gasteiger partial charge in [-0.05, 0) is 12.5 Å². The Kier molecular flexibility index (Phi) is 2.64. The molecule has 0 fully saturated rings. The van der Waals surface area contributed by atoms with Crippen molar-refractivity contribution in [2.45, 2.75) is 25.7 Å². The molecule has 1 aromatic rings. The largest absolute Gasteiger partial charge is 0.493 e. The molecule has 4 nitrogen and oxygen atoms in total. The molecular formula is C14H16N2O2. The fraction of sp³-hybridized carbons (Fsp3) is 0.500. The van der Waals surface area contributed by atoms with E-state index in [2.05, 4.69) is 13.0 Å². The van der Waals surface area contributed by atoms with Crippen LogP contribution in [0, 0.1) is 11.3 Å². The van der Waals surface area contributed by atoms with Gasteiger partial charge in [-0.25, -0.2) is 0 Å². The van der Waals surface area contributed by atoms with Crippen molar-refractivity contribution in [1.82, 2.24) is 0 Å². The van der Waals surface area contributed by atoms with Gasteiger partial charge >= 0.3 is 0 Å². The molecule has 1 aromatic carbocycles. The van der Waals surface area contributed by atoms with Gasteiger partial charge in [0.1, 0.15) is 23.1 Å². The lowest BCUT2D eigenvalue weighted by Gasteiger charge is -2.18. The summed E-state index contributed by atoms with van der Waals surface area (Å²) < 4.78 is 11.4. The molecule has 0 radical (unpaired) electrons. The predicted octanol–water partition coefficient (Wildman–Crippen LogP) is 1.49. The Balaban J connectivity index is 2.30. The fourth-order valence-corrected chi connectivity index (χ4v) is 2.90. The highest BCUT2D eigenvalue weighted by Crippen LogP contribution is 2.46. The second-order valence-corrected chi connectivity index (χ2v) is 4.85. The zero-order valence-corrected chi connectivity index (χ0v) is 10.5. The van der Waals surface area contributed by atoms with Crippen molar-refractivity contribution in [2.75, 3.05) is 19.8 Å². The van der Waals surface area contributed by atoms with E-state index in [1.807, 2.05) is 0 Å². The van der Waals surface area contributed by atoms with Crippen LogP contribution in [0.5, 0.6) is 11.5 Å². The molecule has 0 saturated carbocycles. The van der Waals surface area contributed by atoms with E-state index in [4.69, 9.17) is 15.2 Å². The lowest BCUT2D eigenvalue weighted by molar-refractivity contribution is 0.351. The molecule has 2 N–H and O–H groups in total. The molecule has 18 heavy (non-hydrogen) atoms. The number of rotatable bonds is 2. The third-order valence-electron chi connectivity index (χ3n) is 3.80. The van der Waals surface area contributed by atoms with Crippen LogP contribution in [-0.4, -0.2) is 19.8 Å². The quantitative estimate of drug-likeness (QED) is 0.855. The van der Waals surface area contributed by atoms with Gasteiger partial charge in [0, 0.05) is 29.5 Å². The molecule has 1 atom stereocenters. The smallest absolute Gasteiger partial charge is 0.141 e. The molecule has 94 valence electrons. The highest BCUT2D eigenvalue weighted by atomic mass is 16.5. The molecule has 0 amide bonds. The third-order valence-corrected chi connectivity index (χ3v) is 3.80. The topological polar surface area (TPSA) is 68.3 Å². The molecule has 0 bridgehead atoms. The Morgan fingerprint density at radius 1 is 1.22 bits per heavy atom. The summed E-state index contributed by atoms with van der Waals surface area (Å²) in [6.45, 7) is 3.98. The monoisotopic (exact) mass is 244 g/mol. The van der Waals surface area contributed by atoms with Crippen molar-refractivity contribution in [1.29, 1.82) is 5.26 Å². The van der Waals surface area contributed by atoms with E-state index < -0.39 is 0 Å². The summed E-state index contributed by atoms with van der Waals surface area (Å²) in [5.74, 6) is 1.91. The van der Waals surface area contributed by atoms with Crippen molar-refractivity contribution in [3.8, 4) is 17.6 Å². The highest BCUT2D eigenvalue weighted by Gasteiger charge is 2.32. The molecule has 4 heteroatoms. The number of ether oxygens (including phenoxy) is 2. The van der Waals surface area contributed by atoms with Crippen molar-refractivity contribution >= 4 is 0 Å². The first-order chi connectivity index (χ1) is 8.77. The first-order valence-electron chi connectivity index (χ1n) is 6.35. The van der Waals surface area contributed by atoms with Crippen LogP contribution in [0.25, 0.3) is 0 Å². The van der Waals surface area contributed by atoms with Crippen LogP contribution in [0.1, 0.15) is 35.1 Å². The van der Waals surface area contributed by atoms with Crippen LogP contribution in [0.3, 0.4) is 0 Å². The van der Waals surface area contributed by atoms with E-state index in [0.717, 1.165) is 41.0 Å². The number of nitrogens with zero attached hydrogens (tertiary/aromatic N) is 1. The first kappa shape index (κ1) is 11.4. The summed E-state index contributed by atoms with van der Waals surface area (Å²) in [6, 6.07) is 2.28. The van der Waals surface area contributed by atoms with Crippen LogP contribution in [0.2, 0.25) is 0 Å². The fourth-order valence-electron chi connectivity index (χ4n) is 2.90. The zero-order chi connectivity index (χ0) is 12.7. The Labute approximate surface area is 106 Å². The van der Waals surface area contributed by atoms with Gasteiger partial charge in [0.05, 0.1) is 13.2 Å². The van der Waals surface area contributed by atoms with Crippen LogP contribution >= 0.6 is 0 Å². The number of nitriles is 1. The van der Waals surface area contributed by atoms with Crippen LogP contribution < -0.4 is 15.2 Å². The van der Waals surface area contributed by atoms with Gasteiger partial charge in [0.25, 0.3) is 0 Å². The Morgan fingerprint density at radius 3 is 2.56 bits per heavy atom. The summed E-state index contributed by atoms with van der Waals surface area (Å²) in [6.07, 6.45) is 1.64. The van der Waals surface area contributed by atoms with E-state index in [1.165, 1.54) is 0 Å². The lowest BCUT2D eigenvalue weighted by atomic mass is 9.88. The summed E-state index contributed by atoms with van der Waals surface area (Å²) in [7, 11) is 0. The SMILES string of the molecule is CC(CN)c1c2c(c(C#N)c3c1OCC3)OCC2. The van der Waals surface area contributed by atoms with E-state index in [1.54, 1.807) is 0 Å². The van der Waals surface area contributed by atoms with Crippen molar-refractivity contribution < 1.29 is 9.47 Å². The van der Waals surface area contributed by atoms with Gasteiger partial charge in [-0.2, -0.15) is 5.26 Å². The minimum Gasteiger partial charge on any atom is -0.493 e. The van der Waals surface area contributed by atoms with Gasteiger partial charge in [-0.15, -0.1) is 0 Å². The van der Waals surface area contributed by atoms with Gasteiger partial charge in [-0.1, -0.05) is 6.92 Å². The number of fused-ring (bicyclic) bond motifs is 2. The van der Waals surface area contributed by atoms with E-state index >= 15 is 0 Å². The minimum atomic E-state index is 0.236. The van der Waals surface area contributed by atoms with Gasteiger partial charge < -0.3 is 15.2 Å². The van der Waals surface area contributed by atoms with E-state index in [-0.39, 0.29) is 5.92 Å². The van der Waals surface area contributed by atoms with Crippen LogP contribution in [0.4, 0.5) is 0 Å². The number of hydrogen-bond donors (Lipinski definition) is 1. The maximum atomic E-state index is 9.34. The minimum absolute atomic E-state index is 0.236. The molecule has 0 aliphatic carbocycles. The molecule has 2 aliphatic rings. The maximum Gasteiger partial charge on any atom is 0.141 e. The highest BCUT2D eigenvalue weighted by molar-refractivity contribution is 5.66. The second-order valence-electron chi connectivity index (χ2n) is 4.85. The second kappa shape index (κ2) is 4.18. The molecule has 1 unspecified atom stereocenters. The van der Waals surface area contributed by atoms with Gasteiger partial charge in [0.2, 0.25) is 0 Å². The summed E-state index contributed by atoms with van der Waals surface area (Å²) >= 11 is 0. The van der Waals surface area contributed by atoms with Crippen molar-refractivity contribution in [2.24, 2.45) is 5.73 Å².